The summed E-state index contributed by atoms with van der Waals surface area (Å²) in [5.41, 5.74) is 2.68. The number of benzene rings is 1. The highest BCUT2D eigenvalue weighted by Crippen LogP contribution is 2.29. The van der Waals surface area contributed by atoms with Gasteiger partial charge >= 0.3 is 0 Å². The molecule has 1 aromatic heterocycles. The molecule has 2 heterocycles. The Morgan fingerprint density at radius 1 is 1.21 bits per heavy atom. The van der Waals surface area contributed by atoms with Crippen molar-refractivity contribution < 1.29 is 4.74 Å². The summed E-state index contributed by atoms with van der Waals surface area (Å²) in [4.78, 5) is 1.39. The maximum atomic E-state index is 5.55. The van der Waals surface area contributed by atoms with Crippen LogP contribution in [0.2, 0.25) is 0 Å². The molecule has 19 heavy (non-hydrogen) atoms. The van der Waals surface area contributed by atoms with Crippen LogP contribution in [0.5, 0.6) is 5.75 Å². The third-order valence-electron chi connectivity index (χ3n) is 3.68. The van der Waals surface area contributed by atoms with Crippen molar-refractivity contribution in [1.29, 1.82) is 0 Å². The first-order valence-corrected chi connectivity index (χ1v) is 7.67. The number of hydrogen-bond acceptors (Lipinski definition) is 3. The van der Waals surface area contributed by atoms with Crippen molar-refractivity contribution >= 4 is 11.3 Å². The minimum absolute atomic E-state index is 0.350. The fourth-order valence-electron chi connectivity index (χ4n) is 2.57. The van der Waals surface area contributed by atoms with E-state index in [1.807, 2.05) is 0 Å². The van der Waals surface area contributed by atoms with Crippen LogP contribution in [0.1, 0.15) is 41.9 Å². The van der Waals surface area contributed by atoms with Crippen molar-refractivity contribution in [1.82, 2.24) is 5.32 Å². The number of nitrogens with one attached hydrogen (secondary N) is 1. The average molecular weight is 273 g/mol. The van der Waals surface area contributed by atoms with E-state index in [1.165, 1.54) is 16.0 Å². The van der Waals surface area contributed by atoms with E-state index in [9.17, 15) is 0 Å². The van der Waals surface area contributed by atoms with Crippen molar-refractivity contribution in [3.8, 4) is 5.75 Å². The Bertz CT molecular complexity index is 550. The summed E-state index contributed by atoms with van der Waals surface area (Å²) in [6.07, 6.45) is 1.04. The molecule has 2 nitrogen and oxygen atoms in total. The van der Waals surface area contributed by atoms with Crippen LogP contribution in [0.25, 0.3) is 0 Å². The Kier molecular flexibility index (Phi) is 3.58. The zero-order chi connectivity index (χ0) is 13.2. The Labute approximate surface area is 118 Å². The standard InChI is InChI=1S/C16H19NOS/c1-11(17-12(2)16-4-3-9-19-16)13-5-6-15-14(10-13)7-8-18-15/h3-6,9-12,17H,7-8H2,1-2H3. The molecule has 0 radical (unpaired) electrons. The van der Waals surface area contributed by atoms with E-state index in [1.54, 1.807) is 11.3 Å². The van der Waals surface area contributed by atoms with Crippen LogP contribution in [0.4, 0.5) is 0 Å². The van der Waals surface area contributed by atoms with E-state index in [-0.39, 0.29) is 0 Å². The van der Waals surface area contributed by atoms with E-state index in [0.29, 0.717) is 12.1 Å². The first-order valence-electron chi connectivity index (χ1n) is 6.79. The molecule has 0 spiro atoms. The highest BCUT2D eigenvalue weighted by Gasteiger charge is 2.16. The van der Waals surface area contributed by atoms with Crippen molar-refractivity contribution in [2.24, 2.45) is 0 Å². The van der Waals surface area contributed by atoms with Gasteiger partial charge < -0.3 is 10.1 Å². The highest BCUT2D eigenvalue weighted by molar-refractivity contribution is 7.10. The zero-order valence-electron chi connectivity index (χ0n) is 11.3. The Morgan fingerprint density at radius 2 is 2.11 bits per heavy atom. The predicted octanol–water partition coefficient (Wildman–Crippen LogP) is 4.09. The van der Waals surface area contributed by atoms with Gasteiger partial charge in [0.15, 0.2) is 0 Å². The van der Waals surface area contributed by atoms with Gasteiger partial charge in [0.1, 0.15) is 5.75 Å². The third-order valence-corrected chi connectivity index (χ3v) is 4.74. The van der Waals surface area contributed by atoms with E-state index >= 15 is 0 Å². The largest absolute Gasteiger partial charge is 0.493 e. The highest BCUT2D eigenvalue weighted by atomic mass is 32.1. The molecule has 1 aliphatic heterocycles. The molecule has 0 saturated heterocycles. The van der Waals surface area contributed by atoms with Crippen LogP contribution in [-0.2, 0) is 6.42 Å². The van der Waals surface area contributed by atoms with Crippen LogP contribution in [0, 0.1) is 0 Å². The molecule has 0 aliphatic carbocycles. The average Bonchev–Trinajstić information content (AvgIpc) is 3.09. The van der Waals surface area contributed by atoms with Gasteiger partial charge in [-0.2, -0.15) is 0 Å². The molecule has 2 atom stereocenters. The molecule has 0 bridgehead atoms. The number of thiophene rings is 1. The third kappa shape index (κ3) is 2.67. The fraction of sp³-hybridized carbons (Fsp3) is 0.375. The van der Waals surface area contributed by atoms with E-state index < -0.39 is 0 Å². The molecule has 1 aromatic carbocycles. The minimum atomic E-state index is 0.350. The summed E-state index contributed by atoms with van der Waals surface area (Å²) in [6, 6.07) is 11.6. The lowest BCUT2D eigenvalue weighted by Crippen LogP contribution is -2.21. The summed E-state index contributed by atoms with van der Waals surface area (Å²) in [6.45, 7) is 5.27. The summed E-state index contributed by atoms with van der Waals surface area (Å²) in [5.74, 6) is 1.06. The van der Waals surface area contributed by atoms with Gasteiger partial charge in [-0.25, -0.2) is 0 Å². The Hall–Kier alpha value is -1.32. The van der Waals surface area contributed by atoms with Crippen LogP contribution in [0.3, 0.4) is 0 Å². The SMILES string of the molecule is CC(NC(C)c1cccs1)c1ccc2c(c1)CCO2. The normalized spacial score (nSPS) is 16.7. The van der Waals surface area contributed by atoms with Gasteiger partial charge in [-0.05, 0) is 42.5 Å². The van der Waals surface area contributed by atoms with Gasteiger partial charge in [0, 0.05) is 23.4 Å². The van der Waals surface area contributed by atoms with Crippen LogP contribution in [0.15, 0.2) is 35.7 Å². The predicted molar refractivity (Wildman–Crippen MR) is 79.9 cm³/mol. The summed E-state index contributed by atoms with van der Waals surface area (Å²) in [7, 11) is 0. The zero-order valence-corrected chi connectivity index (χ0v) is 12.2. The first kappa shape index (κ1) is 12.7. The second-order valence-corrected chi connectivity index (χ2v) is 6.07. The van der Waals surface area contributed by atoms with Gasteiger partial charge in [-0.15, -0.1) is 11.3 Å². The molecule has 3 heteroatoms. The summed E-state index contributed by atoms with van der Waals surface area (Å²) in [5, 5.41) is 5.79. The van der Waals surface area contributed by atoms with E-state index in [4.69, 9.17) is 4.74 Å². The molecule has 100 valence electrons. The van der Waals surface area contributed by atoms with Gasteiger partial charge in [0.2, 0.25) is 0 Å². The fourth-order valence-corrected chi connectivity index (χ4v) is 3.31. The van der Waals surface area contributed by atoms with E-state index in [2.05, 4.69) is 54.9 Å². The molecular formula is C16H19NOS. The molecule has 1 N–H and O–H groups in total. The molecule has 1 aliphatic rings. The quantitative estimate of drug-likeness (QED) is 0.905. The first-order chi connectivity index (χ1) is 9.24. The summed E-state index contributed by atoms with van der Waals surface area (Å²) < 4.78 is 5.55. The van der Waals surface area contributed by atoms with Gasteiger partial charge in [0.25, 0.3) is 0 Å². The van der Waals surface area contributed by atoms with Crippen LogP contribution >= 0.6 is 11.3 Å². The maximum Gasteiger partial charge on any atom is 0.122 e. The Balaban J connectivity index is 1.72. The maximum absolute atomic E-state index is 5.55. The molecule has 0 amide bonds. The molecule has 2 aromatic rings. The smallest absolute Gasteiger partial charge is 0.122 e. The topological polar surface area (TPSA) is 21.3 Å². The lowest BCUT2D eigenvalue weighted by Gasteiger charge is -2.20. The van der Waals surface area contributed by atoms with E-state index in [0.717, 1.165) is 18.8 Å². The monoisotopic (exact) mass is 273 g/mol. The van der Waals surface area contributed by atoms with Crippen LogP contribution < -0.4 is 10.1 Å². The second kappa shape index (κ2) is 5.35. The van der Waals surface area contributed by atoms with Crippen molar-refractivity contribution in [2.45, 2.75) is 32.4 Å². The molecule has 3 rings (SSSR count). The number of rotatable bonds is 4. The van der Waals surface area contributed by atoms with Gasteiger partial charge in [0.05, 0.1) is 6.61 Å². The lowest BCUT2D eigenvalue weighted by molar-refractivity contribution is 0.356. The summed E-state index contributed by atoms with van der Waals surface area (Å²) >= 11 is 1.81. The number of ether oxygens (including phenoxy) is 1. The minimum Gasteiger partial charge on any atom is -0.493 e. The second-order valence-electron chi connectivity index (χ2n) is 5.09. The molecule has 2 unspecified atom stereocenters. The van der Waals surface area contributed by atoms with Gasteiger partial charge in [-0.1, -0.05) is 18.2 Å². The van der Waals surface area contributed by atoms with Crippen LogP contribution in [-0.4, -0.2) is 6.61 Å². The number of hydrogen-bond donors (Lipinski definition) is 1. The van der Waals surface area contributed by atoms with Crippen molar-refractivity contribution in [3.05, 3.63) is 51.7 Å². The number of fused-ring (bicyclic) bond motifs is 1. The molecular weight excluding hydrogens is 254 g/mol. The lowest BCUT2D eigenvalue weighted by atomic mass is 10.0. The Morgan fingerprint density at radius 3 is 2.89 bits per heavy atom. The van der Waals surface area contributed by atoms with Crippen molar-refractivity contribution in [3.63, 3.8) is 0 Å². The van der Waals surface area contributed by atoms with Crippen molar-refractivity contribution in [2.75, 3.05) is 6.61 Å². The molecule has 0 saturated carbocycles. The van der Waals surface area contributed by atoms with Gasteiger partial charge in [-0.3, -0.25) is 0 Å². The molecule has 0 fully saturated rings.